The van der Waals surface area contributed by atoms with Crippen LogP contribution in [0.2, 0.25) is 0 Å². The molecule has 134 valence electrons. The third-order valence-electron chi connectivity index (χ3n) is 5.55. The molecule has 4 nitrogen and oxygen atoms in total. The van der Waals surface area contributed by atoms with Crippen LogP contribution in [0.3, 0.4) is 0 Å². The third-order valence-corrected chi connectivity index (χ3v) is 6.50. The predicted octanol–water partition coefficient (Wildman–Crippen LogP) is 3.44. The van der Waals surface area contributed by atoms with E-state index in [0.29, 0.717) is 17.4 Å². The summed E-state index contributed by atoms with van der Waals surface area (Å²) in [6.07, 6.45) is 3.83. The molecule has 0 radical (unpaired) electrons. The predicted molar refractivity (Wildman–Crippen MR) is 104 cm³/mol. The van der Waals surface area contributed by atoms with E-state index in [2.05, 4.69) is 58.5 Å². The van der Waals surface area contributed by atoms with Crippen molar-refractivity contribution in [1.29, 1.82) is 0 Å². The molecule has 2 aliphatic rings. The van der Waals surface area contributed by atoms with Crippen LogP contribution in [0.1, 0.15) is 44.0 Å². The van der Waals surface area contributed by atoms with E-state index in [1.807, 2.05) is 18.4 Å². The van der Waals surface area contributed by atoms with Crippen LogP contribution in [0.5, 0.6) is 0 Å². The van der Waals surface area contributed by atoms with E-state index >= 15 is 0 Å². The lowest BCUT2D eigenvalue weighted by atomic mass is 9.88. The van der Waals surface area contributed by atoms with Crippen LogP contribution in [0.25, 0.3) is 0 Å². The summed E-state index contributed by atoms with van der Waals surface area (Å²) in [6.45, 7) is 9.13. The van der Waals surface area contributed by atoms with E-state index < -0.39 is 0 Å². The van der Waals surface area contributed by atoms with Crippen LogP contribution in [0.15, 0.2) is 22.5 Å². The van der Waals surface area contributed by atoms with Crippen molar-refractivity contribution in [1.82, 2.24) is 15.1 Å². The van der Waals surface area contributed by atoms with E-state index in [4.69, 9.17) is 0 Å². The zero-order valence-corrected chi connectivity index (χ0v) is 16.4. The number of hydrogen-bond acceptors (Lipinski definition) is 3. The van der Waals surface area contributed by atoms with Gasteiger partial charge in [0.2, 0.25) is 0 Å². The summed E-state index contributed by atoms with van der Waals surface area (Å²) in [7, 11) is 4.19. The van der Waals surface area contributed by atoms with Crippen LogP contribution in [0.4, 0.5) is 0 Å². The second kappa shape index (κ2) is 7.44. The number of nitrogens with one attached hydrogen (secondary N) is 1. The molecule has 2 saturated heterocycles. The second-order valence-electron chi connectivity index (χ2n) is 8.11. The number of nitrogens with zero attached hydrogens (tertiary/aromatic N) is 3. The molecule has 2 fully saturated rings. The lowest BCUT2D eigenvalue weighted by Crippen LogP contribution is -2.46. The Hall–Kier alpha value is -1.07. The first-order chi connectivity index (χ1) is 11.5. The summed E-state index contributed by atoms with van der Waals surface area (Å²) >= 11 is 1.89. The van der Waals surface area contributed by atoms with Gasteiger partial charge in [-0.3, -0.25) is 9.89 Å². The SMILES string of the molecule is CN=C(NCC1CCCN(C)C1c1cccs1)N1CCC(C)(C)C1. The minimum Gasteiger partial charge on any atom is -0.356 e. The van der Waals surface area contributed by atoms with Crippen molar-refractivity contribution in [2.45, 2.75) is 39.2 Å². The van der Waals surface area contributed by atoms with Crippen LogP contribution in [-0.2, 0) is 0 Å². The summed E-state index contributed by atoms with van der Waals surface area (Å²) in [5.74, 6) is 1.73. The first-order valence-corrected chi connectivity index (χ1v) is 10.1. The van der Waals surface area contributed by atoms with Gasteiger partial charge in [0.05, 0.1) is 0 Å². The molecule has 0 spiro atoms. The highest BCUT2D eigenvalue weighted by Crippen LogP contribution is 2.37. The van der Waals surface area contributed by atoms with Gasteiger partial charge in [-0.15, -0.1) is 11.3 Å². The fraction of sp³-hybridized carbons (Fsp3) is 0.737. The molecule has 0 saturated carbocycles. The van der Waals surface area contributed by atoms with Crippen LogP contribution in [0, 0.1) is 11.3 Å². The topological polar surface area (TPSA) is 30.9 Å². The van der Waals surface area contributed by atoms with Crippen LogP contribution < -0.4 is 5.32 Å². The minimum absolute atomic E-state index is 0.405. The molecule has 5 heteroatoms. The van der Waals surface area contributed by atoms with E-state index in [9.17, 15) is 0 Å². The smallest absolute Gasteiger partial charge is 0.193 e. The van der Waals surface area contributed by atoms with Crippen LogP contribution >= 0.6 is 11.3 Å². The van der Waals surface area contributed by atoms with Crippen molar-refractivity contribution in [2.24, 2.45) is 16.3 Å². The fourth-order valence-electron chi connectivity index (χ4n) is 4.23. The standard InChI is InChI=1S/C19H32N4S/c1-19(2)9-11-23(14-19)18(20-3)21-13-15-7-5-10-22(4)17(15)16-8-6-12-24-16/h6,8,12,15,17H,5,7,9-11,13-14H2,1-4H3,(H,20,21). The number of guanidine groups is 1. The Kier molecular flexibility index (Phi) is 5.50. The maximum Gasteiger partial charge on any atom is 0.193 e. The Bertz CT molecular complexity index is 552. The Labute approximate surface area is 150 Å². The van der Waals surface area contributed by atoms with Crippen molar-refractivity contribution in [2.75, 3.05) is 40.3 Å². The Balaban J connectivity index is 1.63. The highest BCUT2D eigenvalue weighted by Gasteiger charge is 2.33. The zero-order valence-electron chi connectivity index (χ0n) is 15.6. The van der Waals surface area contributed by atoms with Gasteiger partial charge in [-0.1, -0.05) is 19.9 Å². The molecule has 0 aliphatic carbocycles. The highest BCUT2D eigenvalue weighted by atomic mass is 32.1. The van der Waals surface area contributed by atoms with Crippen molar-refractivity contribution in [3.05, 3.63) is 22.4 Å². The molecule has 3 heterocycles. The Morgan fingerprint density at radius 2 is 2.25 bits per heavy atom. The van der Waals surface area contributed by atoms with Crippen molar-refractivity contribution in [3.63, 3.8) is 0 Å². The summed E-state index contributed by atoms with van der Waals surface area (Å²) in [4.78, 5) is 11.0. The van der Waals surface area contributed by atoms with Crippen molar-refractivity contribution < 1.29 is 0 Å². The molecule has 0 aromatic carbocycles. The second-order valence-corrected chi connectivity index (χ2v) is 9.09. The summed E-state index contributed by atoms with van der Waals surface area (Å²) < 4.78 is 0. The Morgan fingerprint density at radius 3 is 2.88 bits per heavy atom. The Morgan fingerprint density at radius 1 is 1.42 bits per heavy atom. The van der Waals surface area contributed by atoms with Gasteiger partial charge in [0, 0.05) is 37.6 Å². The molecule has 1 aromatic rings. The van der Waals surface area contributed by atoms with Gasteiger partial charge in [-0.05, 0) is 55.6 Å². The maximum absolute atomic E-state index is 4.55. The van der Waals surface area contributed by atoms with E-state index in [0.717, 1.165) is 25.6 Å². The fourth-order valence-corrected chi connectivity index (χ4v) is 5.21. The molecule has 0 amide bonds. The summed E-state index contributed by atoms with van der Waals surface area (Å²) in [5.41, 5.74) is 0.405. The molecule has 2 unspecified atom stereocenters. The monoisotopic (exact) mass is 348 g/mol. The van der Waals surface area contributed by atoms with Gasteiger partial charge in [-0.2, -0.15) is 0 Å². The van der Waals surface area contributed by atoms with E-state index in [-0.39, 0.29) is 0 Å². The average molecular weight is 349 g/mol. The zero-order chi connectivity index (χ0) is 17.2. The molecule has 3 rings (SSSR count). The summed E-state index contributed by atoms with van der Waals surface area (Å²) in [5, 5.41) is 5.89. The minimum atomic E-state index is 0.405. The molecule has 2 atom stereocenters. The molecule has 1 aromatic heterocycles. The molecule has 24 heavy (non-hydrogen) atoms. The van der Waals surface area contributed by atoms with Crippen molar-refractivity contribution in [3.8, 4) is 0 Å². The summed E-state index contributed by atoms with van der Waals surface area (Å²) in [6, 6.07) is 5.01. The largest absolute Gasteiger partial charge is 0.356 e. The quantitative estimate of drug-likeness (QED) is 0.670. The molecule has 0 bridgehead atoms. The number of likely N-dealkylation sites (tertiary alicyclic amines) is 2. The number of hydrogen-bond donors (Lipinski definition) is 1. The molecule has 2 aliphatic heterocycles. The van der Waals surface area contributed by atoms with Gasteiger partial charge in [-0.25, -0.2) is 0 Å². The number of thiophene rings is 1. The first kappa shape index (κ1) is 17.7. The van der Waals surface area contributed by atoms with Crippen molar-refractivity contribution >= 4 is 17.3 Å². The van der Waals surface area contributed by atoms with Gasteiger partial charge in [0.25, 0.3) is 0 Å². The average Bonchev–Trinajstić information content (AvgIpc) is 3.18. The maximum atomic E-state index is 4.55. The van der Waals surface area contributed by atoms with Gasteiger partial charge in [0.15, 0.2) is 5.96 Å². The van der Waals surface area contributed by atoms with Crippen LogP contribution in [-0.4, -0.2) is 56.0 Å². The van der Waals surface area contributed by atoms with E-state index in [1.165, 1.54) is 30.7 Å². The van der Waals surface area contributed by atoms with Gasteiger partial charge < -0.3 is 10.2 Å². The number of rotatable bonds is 3. The number of piperidine rings is 1. The molecular formula is C19H32N4S. The lowest BCUT2D eigenvalue weighted by Gasteiger charge is -2.39. The van der Waals surface area contributed by atoms with Gasteiger partial charge >= 0.3 is 0 Å². The highest BCUT2D eigenvalue weighted by molar-refractivity contribution is 7.10. The lowest BCUT2D eigenvalue weighted by molar-refractivity contribution is 0.124. The first-order valence-electron chi connectivity index (χ1n) is 9.19. The normalized spacial score (nSPS) is 28.3. The van der Waals surface area contributed by atoms with Gasteiger partial charge in [0.1, 0.15) is 0 Å². The molecule has 1 N–H and O–H groups in total. The number of aliphatic imine (C=N–C) groups is 1. The third kappa shape index (κ3) is 3.94. The molecular weight excluding hydrogens is 316 g/mol. The van der Waals surface area contributed by atoms with E-state index in [1.54, 1.807) is 0 Å².